The maximum absolute atomic E-state index is 13.3. The van der Waals surface area contributed by atoms with Gasteiger partial charge < -0.3 is 4.74 Å². The number of halogens is 1. The molecule has 1 heterocycles. The highest BCUT2D eigenvalue weighted by molar-refractivity contribution is 7.95. The van der Waals surface area contributed by atoms with Gasteiger partial charge in [-0.2, -0.15) is 0 Å². The van der Waals surface area contributed by atoms with Crippen molar-refractivity contribution >= 4 is 33.4 Å². The third-order valence-electron chi connectivity index (χ3n) is 4.27. The molecule has 2 aromatic rings. The summed E-state index contributed by atoms with van der Waals surface area (Å²) in [6, 6.07) is 14.6. The summed E-state index contributed by atoms with van der Waals surface area (Å²) in [5.74, 6) is -1.03. The summed E-state index contributed by atoms with van der Waals surface area (Å²) in [7, 11) is -4.29. The van der Waals surface area contributed by atoms with Crippen LogP contribution in [0.25, 0.3) is 0 Å². The molecule has 0 aliphatic carbocycles. The second-order valence-corrected chi connectivity index (χ2v) is 10.4. The van der Waals surface area contributed by atoms with Gasteiger partial charge in [0.15, 0.2) is 0 Å². The molecule has 0 unspecified atom stereocenters. The van der Waals surface area contributed by atoms with E-state index in [2.05, 4.69) is 0 Å². The summed E-state index contributed by atoms with van der Waals surface area (Å²) < 4.78 is 29.5. The summed E-state index contributed by atoms with van der Waals surface area (Å²) >= 11 is 6.51. The first kappa shape index (κ1) is 20.4. The third kappa shape index (κ3) is 3.18. The van der Waals surface area contributed by atoms with Crippen LogP contribution in [-0.4, -0.2) is 35.1 Å². The van der Waals surface area contributed by atoms with Gasteiger partial charge in [0.25, 0.3) is 10.1 Å². The van der Waals surface area contributed by atoms with Crippen LogP contribution >= 0.6 is 11.6 Å². The number of rotatable bonds is 3. The number of carbonyl (C=O) groups excluding carboxylic acids is 2. The second kappa shape index (κ2) is 6.90. The second-order valence-electron chi connectivity index (χ2n) is 7.43. The zero-order valence-corrected chi connectivity index (χ0v) is 17.2. The molecule has 2 aromatic carbocycles. The molecule has 28 heavy (non-hydrogen) atoms. The van der Waals surface area contributed by atoms with Gasteiger partial charge in [-0.25, -0.2) is 18.1 Å². The van der Waals surface area contributed by atoms with Crippen LogP contribution in [0.3, 0.4) is 0 Å². The van der Waals surface area contributed by atoms with Crippen LogP contribution in [0.15, 0.2) is 65.6 Å². The summed E-state index contributed by atoms with van der Waals surface area (Å²) in [5.41, 5.74) is -0.441. The summed E-state index contributed by atoms with van der Waals surface area (Å²) in [6.07, 6.45) is -0.939. The lowest BCUT2D eigenvalue weighted by Gasteiger charge is -2.50. The number of carbonyl (C=O) groups is 2. The maximum atomic E-state index is 13.3. The normalized spacial score (nSPS) is 22.5. The first-order valence-electron chi connectivity index (χ1n) is 8.60. The number of likely N-dealkylation sites (tertiary alicyclic amines) is 1. The van der Waals surface area contributed by atoms with Crippen LogP contribution < -0.4 is 0 Å². The van der Waals surface area contributed by atoms with Crippen molar-refractivity contribution in [3.63, 3.8) is 0 Å². The Bertz CT molecular complexity index is 1000. The van der Waals surface area contributed by atoms with Crippen molar-refractivity contribution in [3.8, 4) is 0 Å². The smallest absolute Gasteiger partial charge is 0.417 e. The lowest BCUT2D eigenvalue weighted by Crippen LogP contribution is -2.70. The Labute approximate surface area is 169 Å². The summed E-state index contributed by atoms with van der Waals surface area (Å²) in [6.45, 7) is 4.96. The largest absolute Gasteiger partial charge is 0.443 e. The fourth-order valence-corrected chi connectivity index (χ4v) is 5.33. The minimum atomic E-state index is -4.29. The fourth-order valence-electron chi connectivity index (χ4n) is 3.03. The van der Waals surface area contributed by atoms with Gasteiger partial charge in [-0.3, -0.25) is 4.79 Å². The van der Waals surface area contributed by atoms with E-state index in [0.717, 1.165) is 4.90 Å². The molecule has 0 spiro atoms. The first-order chi connectivity index (χ1) is 13.0. The van der Waals surface area contributed by atoms with Crippen LogP contribution in [0.4, 0.5) is 4.79 Å². The molecule has 1 aliphatic rings. The van der Waals surface area contributed by atoms with Crippen molar-refractivity contribution in [2.45, 2.75) is 41.5 Å². The molecule has 0 bridgehead atoms. The van der Waals surface area contributed by atoms with Gasteiger partial charge in [-0.1, -0.05) is 60.1 Å². The highest BCUT2D eigenvalue weighted by atomic mass is 35.5. The average Bonchev–Trinajstić information content (AvgIpc) is 2.64. The molecular weight excluding hydrogens is 402 g/mol. The van der Waals surface area contributed by atoms with E-state index in [4.69, 9.17) is 16.3 Å². The van der Waals surface area contributed by atoms with Crippen molar-refractivity contribution in [1.82, 2.24) is 4.90 Å². The molecule has 0 N–H and O–H groups in total. The lowest BCUT2D eigenvalue weighted by atomic mass is 9.93. The number of hydrogen-bond acceptors (Lipinski definition) is 5. The molecule has 0 radical (unpaired) electrons. The summed E-state index contributed by atoms with van der Waals surface area (Å²) in [5, 5.41) is 0. The third-order valence-corrected chi connectivity index (χ3v) is 7.32. The van der Waals surface area contributed by atoms with Crippen molar-refractivity contribution in [1.29, 1.82) is 0 Å². The molecule has 1 saturated heterocycles. The Morgan fingerprint density at radius 2 is 1.54 bits per heavy atom. The van der Waals surface area contributed by atoms with Gasteiger partial charge >= 0.3 is 6.09 Å². The van der Waals surface area contributed by atoms with Crippen molar-refractivity contribution in [3.05, 3.63) is 66.2 Å². The highest BCUT2D eigenvalue weighted by Crippen LogP contribution is 2.53. The van der Waals surface area contributed by atoms with Crippen LogP contribution in [0.1, 0.15) is 32.4 Å². The zero-order chi connectivity index (χ0) is 20.7. The molecule has 2 amide bonds. The lowest BCUT2D eigenvalue weighted by molar-refractivity contribution is -0.146. The highest BCUT2D eigenvalue weighted by Gasteiger charge is 2.71. The monoisotopic (exact) mass is 421 g/mol. The Morgan fingerprint density at radius 1 is 1.04 bits per heavy atom. The van der Waals surface area contributed by atoms with E-state index in [1.807, 2.05) is 0 Å². The molecule has 1 fully saturated rings. The van der Waals surface area contributed by atoms with Gasteiger partial charge in [0, 0.05) is 0 Å². The van der Waals surface area contributed by atoms with Crippen LogP contribution in [0.2, 0.25) is 0 Å². The molecule has 0 saturated carbocycles. The fraction of sp³-hybridized carbons (Fsp3) is 0.300. The number of sulfone groups is 1. The Kier molecular flexibility index (Phi) is 5.02. The van der Waals surface area contributed by atoms with Gasteiger partial charge in [-0.05, 0) is 38.5 Å². The maximum Gasteiger partial charge on any atom is 0.417 e. The molecule has 0 aromatic heterocycles. The predicted octanol–water partition coefficient (Wildman–Crippen LogP) is 3.91. The van der Waals surface area contributed by atoms with Crippen LogP contribution in [0.5, 0.6) is 0 Å². The van der Waals surface area contributed by atoms with E-state index in [1.54, 1.807) is 69.3 Å². The minimum absolute atomic E-state index is 0.0943. The minimum Gasteiger partial charge on any atom is -0.443 e. The number of β-lactam (4-membered cyclic amide) rings is 1. The molecule has 3 rings (SSSR count). The molecule has 2 atom stereocenters. The number of ether oxygens (including phenoxy) is 1. The number of alkyl halides is 1. The van der Waals surface area contributed by atoms with Crippen molar-refractivity contribution in [2.24, 2.45) is 0 Å². The van der Waals surface area contributed by atoms with Gasteiger partial charge in [-0.15, -0.1) is 0 Å². The quantitative estimate of drug-likeness (QED) is 0.554. The van der Waals surface area contributed by atoms with Crippen molar-refractivity contribution in [2.75, 3.05) is 0 Å². The molecular formula is C20H20ClNO5S. The zero-order valence-electron chi connectivity index (χ0n) is 15.6. The van der Waals surface area contributed by atoms with E-state index in [0.29, 0.717) is 5.56 Å². The standard InChI is InChI=1S/C20H20ClNO5S/c1-19(2,3)27-18(24)22-16(14-10-6-4-7-11-14)20(21,17(22)23)28(25,26)15-12-8-5-9-13-15/h4-13,16H,1-3H3/t16-,20-/m0/s1. The van der Waals surface area contributed by atoms with Crippen LogP contribution in [-0.2, 0) is 19.4 Å². The summed E-state index contributed by atoms with van der Waals surface area (Å²) in [4.78, 5) is 26.2. The molecule has 148 valence electrons. The number of hydrogen-bond donors (Lipinski definition) is 0. The Hall–Kier alpha value is -2.38. The van der Waals surface area contributed by atoms with Crippen LogP contribution in [0, 0.1) is 0 Å². The number of benzene rings is 2. The Balaban J connectivity index is 2.11. The van der Waals surface area contributed by atoms with E-state index < -0.39 is 37.7 Å². The topological polar surface area (TPSA) is 80.8 Å². The first-order valence-corrected chi connectivity index (χ1v) is 10.5. The Morgan fingerprint density at radius 3 is 2.04 bits per heavy atom. The molecule has 1 aliphatic heterocycles. The molecule has 8 heteroatoms. The van der Waals surface area contributed by atoms with Gasteiger partial charge in [0.1, 0.15) is 11.6 Å². The average molecular weight is 422 g/mol. The van der Waals surface area contributed by atoms with E-state index in [1.165, 1.54) is 12.1 Å². The number of imide groups is 1. The van der Waals surface area contributed by atoms with Gasteiger partial charge in [0.2, 0.25) is 9.84 Å². The SMILES string of the molecule is CC(C)(C)OC(=O)N1C(=O)[C@@](Cl)(S(=O)(=O)c2ccccc2)[C@@H]1c1ccccc1. The predicted molar refractivity (Wildman–Crippen MR) is 104 cm³/mol. The van der Waals surface area contributed by atoms with E-state index >= 15 is 0 Å². The van der Waals surface area contributed by atoms with Crippen molar-refractivity contribution < 1.29 is 22.7 Å². The van der Waals surface area contributed by atoms with Gasteiger partial charge in [0.05, 0.1) is 4.90 Å². The molecule has 6 nitrogen and oxygen atoms in total. The van der Waals surface area contributed by atoms with E-state index in [-0.39, 0.29) is 4.90 Å². The van der Waals surface area contributed by atoms with E-state index in [9.17, 15) is 18.0 Å². The number of nitrogens with zero attached hydrogens (tertiary/aromatic N) is 1. The number of amides is 2.